The average molecular weight is 258 g/mol. The van der Waals surface area contributed by atoms with Crippen LogP contribution in [0.2, 0.25) is 0 Å². The number of rotatable bonds is 3. The smallest absolute Gasteiger partial charge is 0.246 e. The second-order valence-electron chi connectivity index (χ2n) is 4.81. The highest BCUT2D eigenvalue weighted by Crippen LogP contribution is 2.23. The van der Waals surface area contributed by atoms with Crippen molar-refractivity contribution in [3.63, 3.8) is 0 Å². The zero-order valence-electron chi connectivity index (χ0n) is 10.8. The number of carbonyl (C=O) groups is 2. The summed E-state index contributed by atoms with van der Waals surface area (Å²) in [5, 5.41) is 2.66. The van der Waals surface area contributed by atoms with Gasteiger partial charge in [0.15, 0.2) is 0 Å². The molecule has 0 spiro atoms. The molecule has 1 heterocycles. The summed E-state index contributed by atoms with van der Waals surface area (Å²) >= 11 is 4.15. The summed E-state index contributed by atoms with van der Waals surface area (Å²) in [7, 11) is 0. The molecule has 1 aliphatic rings. The number of nitrogens with zero attached hydrogens (tertiary/aromatic N) is 1. The summed E-state index contributed by atoms with van der Waals surface area (Å²) in [6.07, 6.45) is 3.24. The lowest BCUT2D eigenvalue weighted by Gasteiger charge is -2.40. The molecule has 4 nitrogen and oxygen atoms in total. The van der Waals surface area contributed by atoms with Gasteiger partial charge in [-0.05, 0) is 33.1 Å². The topological polar surface area (TPSA) is 49.4 Å². The first-order valence-electron chi connectivity index (χ1n) is 6.17. The van der Waals surface area contributed by atoms with Gasteiger partial charge in [-0.3, -0.25) is 9.59 Å². The zero-order valence-corrected chi connectivity index (χ0v) is 11.7. The number of nitrogens with one attached hydrogen (secondary N) is 1. The Labute approximate surface area is 109 Å². The molecular formula is C12H22N2O2S. The van der Waals surface area contributed by atoms with Crippen LogP contribution in [-0.2, 0) is 9.59 Å². The maximum Gasteiger partial charge on any atom is 0.246 e. The van der Waals surface area contributed by atoms with E-state index in [2.05, 4.69) is 31.8 Å². The third-order valence-corrected chi connectivity index (χ3v) is 3.67. The maximum absolute atomic E-state index is 12.3. The van der Waals surface area contributed by atoms with Crippen molar-refractivity contribution in [1.29, 1.82) is 0 Å². The Hall–Kier alpha value is -0.710. The van der Waals surface area contributed by atoms with Crippen molar-refractivity contribution in [1.82, 2.24) is 10.2 Å². The van der Waals surface area contributed by atoms with E-state index in [1.165, 1.54) is 6.92 Å². The summed E-state index contributed by atoms with van der Waals surface area (Å²) in [6, 6.07) is 0.00335. The molecular weight excluding hydrogens is 236 g/mol. The summed E-state index contributed by atoms with van der Waals surface area (Å²) < 4.78 is 0. The first-order valence-corrected chi connectivity index (χ1v) is 6.80. The Morgan fingerprint density at radius 2 is 1.88 bits per heavy atom. The van der Waals surface area contributed by atoms with Crippen LogP contribution in [0.1, 0.15) is 40.0 Å². The molecule has 17 heavy (non-hydrogen) atoms. The number of piperidine rings is 1. The number of amides is 2. The van der Waals surface area contributed by atoms with Crippen LogP contribution in [0, 0.1) is 0 Å². The van der Waals surface area contributed by atoms with Gasteiger partial charge in [-0.25, -0.2) is 0 Å². The standard InChI is InChI=1S/C12H22N2O2S/c1-8-5-4-6-9(2)14(8)12(16)11(7-17)13-10(3)15/h8-9,11,17H,4-7H2,1-3H3,(H,13,15). The SMILES string of the molecule is CC(=O)NC(CS)C(=O)N1C(C)CCCC1C. The Morgan fingerprint density at radius 3 is 2.29 bits per heavy atom. The fraction of sp³-hybridized carbons (Fsp3) is 0.833. The maximum atomic E-state index is 12.3. The first-order chi connectivity index (χ1) is 7.97. The lowest BCUT2D eigenvalue weighted by Crippen LogP contribution is -2.56. The van der Waals surface area contributed by atoms with Crippen LogP contribution in [-0.4, -0.2) is 40.6 Å². The first kappa shape index (κ1) is 14.4. The highest BCUT2D eigenvalue weighted by atomic mass is 32.1. The summed E-state index contributed by atoms with van der Waals surface area (Å²) in [5.41, 5.74) is 0. The van der Waals surface area contributed by atoms with Crippen molar-refractivity contribution in [3.05, 3.63) is 0 Å². The lowest BCUT2D eigenvalue weighted by atomic mass is 9.96. The number of thiol groups is 1. The number of carbonyl (C=O) groups excluding carboxylic acids is 2. The molecule has 0 saturated carbocycles. The lowest BCUT2D eigenvalue weighted by molar-refractivity contribution is -0.140. The van der Waals surface area contributed by atoms with Crippen molar-refractivity contribution < 1.29 is 9.59 Å². The van der Waals surface area contributed by atoms with Gasteiger partial charge < -0.3 is 10.2 Å². The molecule has 3 unspecified atom stereocenters. The number of hydrogen-bond donors (Lipinski definition) is 2. The van der Waals surface area contributed by atoms with Crippen molar-refractivity contribution in [2.45, 2.75) is 58.2 Å². The second-order valence-corrected chi connectivity index (χ2v) is 5.18. The van der Waals surface area contributed by atoms with Crippen molar-refractivity contribution in [2.75, 3.05) is 5.75 Å². The van der Waals surface area contributed by atoms with Gasteiger partial charge in [-0.2, -0.15) is 12.6 Å². The molecule has 0 aliphatic carbocycles. The largest absolute Gasteiger partial charge is 0.344 e. The van der Waals surface area contributed by atoms with E-state index >= 15 is 0 Å². The van der Waals surface area contributed by atoms with E-state index in [1.54, 1.807) is 0 Å². The van der Waals surface area contributed by atoms with Gasteiger partial charge in [0.1, 0.15) is 6.04 Å². The minimum Gasteiger partial charge on any atom is -0.344 e. The van der Waals surface area contributed by atoms with E-state index in [1.807, 2.05) is 4.90 Å². The second kappa shape index (κ2) is 6.28. The molecule has 1 aliphatic heterocycles. The van der Waals surface area contributed by atoms with Crippen LogP contribution in [0.5, 0.6) is 0 Å². The molecule has 5 heteroatoms. The Morgan fingerprint density at radius 1 is 1.35 bits per heavy atom. The predicted molar refractivity (Wildman–Crippen MR) is 71.1 cm³/mol. The van der Waals surface area contributed by atoms with Crippen LogP contribution in [0.3, 0.4) is 0 Å². The molecule has 98 valence electrons. The zero-order chi connectivity index (χ0) is 13.0. The van der Waals surface area contributed by atoms with E-state index < -0.39 is 6.04 Å². The molecule has 1 N–H and O–H groups in total. The molecule has 0 bridgehead atoms. The molecule has 1 saturated heterocycles. The van der Waals surface area contributed by atoms with Gasteiger partial charge in [-0.1, -0.05) is 0 Å². The van der Waals surface area contributed by atoms with Crippen molar-refractivity contribution in [2.24, 2.45) is 0 Å². The third kappa shape index (κ3) is 3.63. The van der Waals surface area contributed by atoms with Crippen molar-refractivity contribution in [3.8, 4) is 0 Å². The van der Waals surface area contributed by atoms with E-state index in [0.717, 1.165) is 19.3 Å². The predicted octanol–water partition coefficient (Wildman–Crippen LogP) is 1.21. The molecule has 0 aromatic heterocycles. The molecule has 0 aromatic carbocycles. The van der Waals surface area contributed by atoms with Gasteiger partial charge in [-0.15, -0.1) is 0 Å². The minimum atomic E-state index is -0.501. The third-order valence-electron chi connectivity index (χ3n) is 3.31. The van der Waals surface area contributed by atoms with E-state index in [4.69, 9.17) is 0 Å². The van der Waals surface area contributed by atoms with Gasteiger partial charge in [0.05, 0.1) is 0 Å². The van der Waals surface area contributed by atoms with Gasteiger partial charge >= 0.3 is 0 Å². The quantitative estimate of drug-likeness (QED) is 0.748. The Kier molecular flexibility index (Phi) is 5.31. The van der Waals surface area contributed by atoms with Crippen LogP contribution in [0.15, 0.2) is 0 Å². The average Bonchev–Trinajstić information content (AvgIpc) is 2.25. The summed E-state index contributed by atoms with van der Waals surface area (Å²) in [5.74, 6) is 0.151. The van der Waals surface area contributed by atoms with E-state index in [0.29, 0.717) is 5.75 Å². The number of hydrogen-bond acceptors (Lipinski definition) is 3. The minimum absolute atomic E-state index is 0.00472. The highest BCUT2D eigenvalue weighted by molar-refractivity contribution is 7.80. The Balaban J connectivity index is 2.74. The molecule has 1 rings (SSSR count). The molecule has 0 radical (unpaired) electrons. The van der Waals surface area contributed by atoms with Crippen LogP contribution < -0.4 is 5.32 Å². The summed E-state index contributed by atoms with van der Waals surface area (Å²) in [4.78, 5) is 25.3. The molecule has 0 aromatic rings. The van der Waals surface area contributed by atoms with Gasteiger partial charge in [0, 0.05) is 24.8 Å². The molecule has 2 amide bonds. The fourth-order valence-electron chi connectivity index (χ4n) is 2.47. The van der Waals surface area contributed by atoms with Crippen LogP contribution >= 0.6 is 12.6 Å². The Bertz CT molecular complexity index is 286. The highest BCUT2D eigenvalue weighted by Gasteiger charge is 2.33. The van der Waals surface area contributed by atoms with E-state index in [-0.39, 0.29) is 23.9 Å². The molecule has 1 fully saturated rings. The van der Waals surface area contributed by atoms with Crippen LogP contribution in [0.4, 0.5) is 0 Å². The normalized spacial score (nSPS) is 26.5. The van der Waals surface area contributed by atoms with E-state index in [9.17, 15) is 9.59 Å². The molecule has 3 atom stereocenters. The monoisotopic (exact) mass is 258 g/mol. The van der Waals surface area contributed by atoms with Crippen LogP contribution in [0.25, 0.3) is 0 Å². The fourth-order valence-corrected chi connectivity index (χ4v) is 2.71. The number of likely N-dealkylation sites (tertiary alicyclic amines) is 1. The van der Waals surface area contributed by atoms with Gasteiger partial charge in [0.25, 0.3) is 0 Å². The van der Waals surface area contributed by atoms with Crippen molar-refractivity contribution >= 4 is 24.4 Å². The van der Waals surface area contributed by atoms with Gasteiger partial charge in [0.2, 0.25) is 11.8 Å². The summed E-state index contributed by atoms with van der Waals surface area (Å²) in [6.45, 7) is 5.56.